The SMILES string of the molecule is COc1c(Cl)cccc1Nc1cc(Nc2ccc(N3CCC3)c(C#N)n2)nc2[nH]n(C)c(=O)c12. The molecule has 1 aliphatic rings. The Hall–Kier alpha value is -4.23. The van der Waals surface area contributed by atoms with E-state index < -0.39 is 0 Å². The van der Waals surface area contributed by atoms with Crippen molar-refractivity contribution in [1.82, 2.24) is 19.7 Å². The van der Waals surface area contributed by atoms with Crippen molar-refractivity contribution in [2.24, 2.45) is 7.05 Å². The minimum atomic E-state index is -0.235. The van der Waals surface area contributed by atoms with Crippen LogP contribution in [0.1, 0.15) is 12.1 Å². The second kappa shape index (κ2) is 8.61. The molecule has 0 bridgehead atoms. The topological polar surface area (TPSA) is 124 Å². The van der Waals surface area contributed by atoms with E-state index in [4.69, 9.17) is 16.3 Å². The minimum absolute atomic E-state index is 0.235. The zero-order valence-electron chi connectivity index (χ0n) is 18.5. The average Bonchev–Trinajstić information content (AvgIpc) is 3.07. The third kappa shape index (κ3) is 3.76. The number of benzene rings is 1. The first-order valence-corrected chi connectivity index (χ1v) is 11.0. The van der Waals surface area contributed by atoms with Crippen molar-refractivity contribution in [3.63, 3.8) is 0 Å². The second-order valence-corrected chi connectivity index (χ2v) is 8.25. The smallest absolute Gasteiger partial charge is 0.277 e. The van der Waals surface area contributed by atoms with Crippen molar-refractivity contribution in [2.45, 2.75) is 6.42 Å². The summed E-state index contributed by atoms with van der Waals surface area (Å²) in [5.41, 5.74) is 2.43. The third-order valence-electron chi connectivity index (χ3n) is 5.68. The van der Waals surface area contributed by atoms with Gasteiger partial charge in [-0.3, -0.25) is 14.6 Å². The molecule has 0 saturated carbocycles. The number of fused-ring (bicyclic) bond motifs is 1. The van der Waals surface area contributed by atoms with E-state index in [-0.39, 0.29) is 5.56 Å². The van der Waals surface area contributed by atoms with Crippen molar-refractivity contribution < 1.29 is 4.74 Å². The first kappa shape index (κ1) is 21.6. The molecule has 1 fully saturated rings. The number of halogens is 1. The van der Waals surface area contributed by atoms with Crippen LogP contribution in [0.2, 0.25) is 5.02 Å². The van der Waals surface area contributed by atoms with Crippen LogP contribution < -0.4 is 25.8 Å². The van der Waals surface area contributed by atoms with Gasteiger partial charge in [0.15, 0.2) is 17.1 Å². The highest BCUT2D eigenvalue weighted by atomic mass is 35.5. The third-order valence-corrected chi connectivity index (χ3v) is 5.98. The highest BCUT2D eigenvalue weighted by Crippen LogP contribution is 2.36. The number of hydrogen-bond acceptors (Lipinski definition) is 8. The largest absolute Gasteiger partial charge is 0.493 e. The second-order valence-electron chi connectivity index (χ2n) is 7.84. The van der Waals surface area contributed by atoms with Gasteiger partial charge in [0.25, 0.3) is 5.56 Å². The predicted molar refractivity (Wildman–Crippen MR) is 132 cm³/mol. The summed E-state index contributed by atoms with van der Waals surface area (Å²) in [5.74, 6) is 1.36. The first-order chi connectivity index (χ1) is 16.5. The fourth-order valence-electron chi connectivity index (χ4n) is 3.89. The van der Waals surface area contributed by atoms with Gasteiger partial charge in [-0.1, -0.05) is 17.7 Å². The molecule has 172 valence electrons. The molecule has 0 atom stereocenters. The fraction of sp³-hybridized carbons (Fsp3) is 0.217. The molecular weight excluding hydrogens is 456 g/mol. The normalized spacial score (nSPS) is 12.8. The van der Waals surface area contributed by atoms with Crippen LogP contribution in [0.15, 0.2) is 41.2 Å². The molecule has 3 aromatic heterocycles. The number of methoxy groups -OCH3 is 1. The molecule has 34 heavy (non-hydrogen) atoms. The maximum atomic E-state index is 12.8. The van der Waals surface area contributed by atoms with Gasteiger partial charge < -0.3 is 20.3 Å². The quantitative estimate of drug-likeness (QED) is 0.383. The number of anilines is 5. The van der Waals surface area contributed by atoms with E-state index in [9.17, 15) is 10.1 Å². The number of nitriles is 1. The van der Waals surface area contributed by atoms with Gasteiger partial charge in [0, 0.05) is 26.2 Å². The van der Waals surface area contributed by atoms with Crippen LogP contribution in [0.4, 0.5) is 28.7 Å². The standard InChI is InChI=1S/C23H21ClN8O2/c1-31-23(33)20-15(26-14-6-3-5-13(24)21(14)34-2)11-19(29-22(20)30-31)28-18-8-7-17(16(12-25)27-18)32-9-4-10-32/h3,5-8,11H,4,9-10H2,1-2H3,(H3,26,27,28,29,30). The van der Waals surface area contributed by atoms with Crippen molar-refractivity contribution in [1.29, 1.82) is 5.26 Å². The zero-order valence-corrected chi connectivity index (χ0v) is 19.3. The molecular formula is C23H21ClN8O2. The lowest BCUT2D eigenvalue weighted by molar-refractivity contribution is 0.417. The van der Waals surface area contributed by atoms with Gasteiger partial charge in [-0.25, -0.2) is 9.97 Å². The Bertz CT molecular complexity index is 1500. The van der Waals surface area contributed by atoms with Crippen LogP contribution >= 0.6 is 11.6 Å². The number of aromatic amines is 1. The summed E-state index contributed by atoms with van der Waals surface area (Å²) < 4.78 is 6.79. The molecule has 0 spiro atoms. The summed E-state index contributed by atoms with van der Waals surface area (Å²) in [6, 6.07) is 12.9. The average molecular weight is 477 g/mol. The Morgan fingerprint density at radius 2 is 1.97 bits per heavy atom. The minimum Gasteiger partial charge on any atom is -0.493 e. The number of ether oxygens (including phenoxy) is 1. The maximum Gasteiger partial charge on any atom is 0.277 e. The number of rotatable bonds is 6. The van der Waals surface area contributed by atoms with E-state index in [0.717, 1.165) is 25.2 Å². The van der Waals surface area contributed by atoms with Gasteiger partial charge in [0.1, 0.15) is 23.1 Å². The molecule has 10 nitrogen and oxygen atoms in total. The number of nitrogens with one attached hydrogen (secondary N) is 3. The molecule has 0 radical (unpaired) electrons. The van der Waals surface area contributed by atoms with Crippen LogP contribution in [0.25, 0.3) is 11.0 Å². The highest BCUT2D eigenvalue weighted by molar-refractivity contribution is 6.32. The number of pyridine rings is 2. The van der Waals surface area contributed by atoms with E-state index >= 15 is 0 Å². The molecule has 0 amide bonds. The fourth-order valence-corrected chi connectivity index (χ4v) is 4.14. The van der Waals surface area contributed by atoms with Crippen molar-refractivity contribution >= 4 is 51.3 Å². The van der Waals surface area contributed by atoms with E-state index in [1.807, 2.05) is 6.07 Å². The summed E-state index contributed by atoms with van der Waals surface area (Å²) in [7, 11) is 3.15. The Morgan fingerprint density at radius 3 is 2.68 bits per heavy atom. The van der Waals surface area contributed by atoms with Gasteiger partial charge >= 0.3 is 0 Å². The van der Waals surface area contributed by atoms with Crippen molar-refractivity contribution in [3.8, 4) is 11.8 Å². The molecule has 3 N–H and O–H groups in total. The molecule has 4 aromatic rings. The predicted octanol–water partition coefficient (Wildman–Crippen LogP) is 3.89. The summed E-state index contributed by atoms with van der Waals surface area (Å²) in [6.07, 6.45) is 1.11. The van der Waals surface area contributed by atoms with Crippen LogP contribution in [-0.4, -0.2) is 39.9 Å². The van der Waals surface area contributed by atoms with Crippen LogP contribution in [-0.2, 0) is 7.05 Å². The van der Waals surface area contributed by atoms with Gasteiger partial charge in [0.05, 0.1) is 29.2 Å². The lowest BCUT2D eigenvalue weighted by Gasteiger charge is -2.33. The molecule has 1 aliphatic heterocycles. The number of aromatic nitrogens is 4. The number of aryl methyl sites for hydroxylation is 1. The summed E-state index contributed by atoms with van der Waals surface area (Å²) >= 11 is 6.27. The Labute approximate surface area is 199 Å². The Balaban J connectivity index is 1.55. The first-order valence-electron chi connectivity index (χ1n) is 10.6. The molecule has 11 heteroatoms. The Morgan fingerprint density at radius 1 is 1.15 bits per heavy atom. The van der Waals surface area contributed by atoms with Crippen molar-refractivity contribution in [3.05, 3.63) is 57.5 Å². The monoisotopic (exact) mass is 476 g/mol. The number of hydrogen-bond donors (Lipinski definition) is 3. The summed E-state index contributed by atoms with van der Waals surface area (Å²) in [5, 5.41) is 19.7. The van der Waals surface area contributed by atoms with E-state index in [0.29, 0.717) is 50.5 Å². The molecule has 1 saturated heterocycles. The molecule has 0 aliphatic carbocycles. The maximum absolute atomic E-state index is 12.8. The number of para-hydroxylation sites is 1. The van der Waals surface area contributed by atoms with E-state index in [2.05, 4.69) is 36.7 Å². The summed E-state index contributed by atoms with van der Waals surface area (Å²) in [4.78, 5) is 23.9. The van der Waals surface area contributed by atoms with Crippen LogP contribution in [0.3, 0.4) is 0 Å². The summed E-state index contributed by atoms with van der Waals surface area (Å²) in [6.45, 7) is 1.84. The van der Waals surface area contributed by atoms with Gasteiger partial charge in [-0.15, -0.1) is 0 Å². The molecule has 0 unspecified atom stereocenters. The van der Waals surface area contributed by atoms with Crippen molar-refractivity contribution in [2.75, 3.05) is 35.7 Å². The molecule has 4 heterocycles. The lowest BCUT2D eigenvalue weighted by Crippen LogP contribution is -2.37. The van der Waals surface area contributed by atoms with Crippen LogP contribution in [0.5, 0.6) is 5.75 Å². The van der Waals surface area contributed by atoms with Gasteiger partial charge in [0.2, 0.25) is 0 Å². The zero-order chi connectivity index (χ0) is 23.8. The van der Waals surface area contributed by atoms with Gasteiger partial charge in [-0.05, 0) is 30.7 Å². The van der Waals surface area contributed by atoms with Gasteiger partial charge in [-0.2, -0.15) is 5.26 Å². The lowest BCUT2D eigenvalue weighted by atomic mass is 10.1. The Kier molecular flexibility index (Phi) is 5.47. The number of nitrogens with zero attached hydrogens (tertiary/aromatic N) is 5. The van der Waals surface area contributed by atoms with Crippen LogP contribution in [0, 0.1) is 11.3 Å². The molecule has 5 rings (SSSR count). The molecule has 1 aromatic carbocycles. The number of H-pyrrole nitrogens is 1. The highest BCUT2D eigenvalue weighted by Gasteiger charge is 2.20. The van der Waals surface area contributed by atoms with E-state index in [1.54, 1.807) is 37.4 Å². The van der Waals surface area contributed by atoms with E-state index in [1.165, 1.54) is 11.8 Å².